The Morgan fingerprint density at radius 3 is 2.88 bits per heavy atom. The van der Waals surface area contributed by atoms with Crippen LogP contribution >= 0.6 is 11.5 Å². The molecule has 3 aromatic rings. The molecule has 8 heteroatoms. The summed E-state index contributed by atoms with van der Waals surface area (Å²) in [5.74, 6) is 1.73. The number of carbonyl (C=O) groups is 1. The van der Waals surface area contributed by atoms with Crippen molar-refractivity contribution in [2.45, 2.75) is 26.7 Å². The lowest BCUT2D eigenvalue weighted by atomic mass is 10.1. The van der Waals surface area contributed by atoms with Crippen LogP contribution in [0.4, 0.5) is 0 Å². The van der Waals surface area contributed by atoms with E-state index < -0.39 is 0 Å². The van der Waals surface area contributed by atoms with E-state index >= 15 is 0 Å². The van der Waals surface area contributed by atoms with Crippen LogP contribution in [0.3, 0.4) is 0 Å². The number of aryl methyl sites for hydroxylation is 2. The largest absolute Gasteiger partial charge is 0.493 e. The van der Waals surface area contributed by atoms with Crippen LogP contribution in [0.25, 0.3) is 10.8 Å². The van der Waals surface area contributed by atoms with E-state index in [2.05, 4.69) is 19.3 Å². The number of carbonyl (C=O) groups excluding carboxylic acids is 1. The third kappa shape index (κ3) is 4.26. The van der Waals surface area contributed by atoms with Gasteiger partial charge in [0.25, 0.3) is 0 Å². The number of benzene rings is 1. The highest BCUT2D eigenvalue weighted by Gasteiger charge is 2.16. The lowest BCUT2D eigenvalue weighted by Crippen LogP contribution is -2.06. The topological polar surface area (TPSA) is 87.3 Å². The molecule has 0 amide bonds. The molecule has 2 heterocycles. The van der Waals surface area contributed by atoms with Gasteiger partial charge >= 0.3 is 5.97 Å². The van der Waals surface area contributed by atoms with Gasteiger partial charge in [0, 0.05) is 6.42 Å². The molecule has 0 aliphatic rings. The average molecular weight is 373 g/mol. The second kappa shape index (κ2) is 8.09. The maximum Gasteiger partial charge on any atom is 0.309 e. The van der Waals surface area contributed by atoms with E-state index in [-0.39, 0.29) is 12.4 Å². The Morgan fingerprint density at radius 1 is 1.31 bits per heavy atom. The summed E-state index contributed by atoms with van der Waals surface area (Å²) < 4.78 is 20.1. The smallest absolute Gasteiger partial charge is 0.309 e. The first-order chi connectivity index (χ1) is 12.6. The molecule has 136 valence electrons. The minimum Gasteiger partial charge on any atom is -0.493 e. The van der Waals surface area contributed by atoms with Crippen molar-refractivity contribution in [3.8, 4) is 16.5 Å². The van der Waals surface area contributed by atoms with Crippen molar-refractivity contribution in [3.63, 3.8) is 0 Å². The highest BCUT2D eigenvalue weighted by Crippen LogP contribution is 2.27. The van der Waals surface area contributed by atoms with Crippen molar-refractivity contribution in [2.75, 3.05) is 13.7 Å². The van der Waals surface area contributed by atoms with Gasteiger partial charge in [-0.15, -0.1) is 5.10 Å². The predicted molar refractivity (Wildman–Crippen MR) is 96.2 cm³/mol. The third-order valence-electron chi connectivity index (χ3n) is 3.82. The minimum absolute atomic E-state index is 0.224. The van der Waals surface area contributed by atoms with Crippen LogP contribution in [0.2, 0.25) is 0 Å². The van der Waals surface area contributed by atoms with E-state index in [9.17, 15) is 4.79 Å². The molecule has 0 bridgehead atoms. The zero-order valence-corrected chi connectivity index (χ0v) is 15.6. The molecule has 2 aromatic heterocycles. The summed E-state index contributed by atoms with van der Waals surface area (Å²) in [5, 5.41) is 3.98. The molecule has 3 rings (SSSR count). The molecule has 0 fully saturated rings. The van der Waals surface area contributed by atoms with Crippen molar-refractivity contribution in [1.82, 2.24) is 14.6 Å². The van der Waals surface area contributed by atoms with Crippen LogP contribution in [0.5, 0.6) is 5.75 Å². The van der Waals surface area contributed by atoms with Gasteiger partial charge in [-0.2, -0.15) is 0 Å². The third-order valence-corrected chi connectivity index (χ3v) is 4.64. The molecule has 0 radical (unpaired) electrons. The molecule has 26 heavy (non-hydrogen) atoms. The second-order valence-electron chi connectivity index (χ2n) is 5.71. The molecule has 0 saturated heterocycles. The minimum atomic E-state index is -0.277. The number of nitrogens with zero attached hydrogens (tertiary/aromatic N) is 3. The molecule has 0 N–H and O–H groups in total. The Morgan fingerprint density at radius 2 is 2.15 bits per heavy atom. The van der Waals surface area contributed by atoms with Crippen molar-refractivity contribution >= 4 is 17.5 Å². The number of methoxy groups -OCH3 is 1. The first-order valence-corrected chi connectivity index (χ1v) is 8.88. The quantitative estimate of drug-likeness (QED) is 0.588. The highest BCUT2D eigenvalue weighted by atomic mass is 32.1. The number of rotatable bonds is 7. The monoisotopic (exact) mass is 373 g/mol. The Bertz CT molecular complexity index is 903. The van der Waals surface area contributed by atoms with Crippen LogP contribution in [0, 0.1) is 13.8 Å². The Balaban J connectivity index is 1.60. The Labute approximate surface area is 155 Å². The van der Waals surface area contributed by atoms with Gasteiger partial charge in [-0.05, 0) is 43.1 Å². The summed E-state index contributed by atoms with van der Waals surface area (Å²) in [6, 6.07) is 7.41. The van der Waals surface area contributed by atoms with Crippen molar-refractivity contribution in [1.29, 1.82) is 0 Å². The first kappa shape index (κ1) is 18.1. The van der Waals surface area contributed by atoms with Crippen molar-refractivity contribution in [3.05, 3.63) is 47.0 Å². The molecule has 0 aliphatic carbocycles. The molecule has 0 unspecified atom stereocenters. The maximum absolute atomic E-state index is 11.4. The lowest BCUT2D eigenvalue weighted by Gasteiger charge is -2.07. The van der Waals surface area contributed by atoms with E-state index in [4.69, 9.17) is 9.15 Å². The molecular formula is C18H19N3O4S. The summed E-state index contributed by atoms with van der Waals surface area (Å²) in [6.07, 6.45) is 0.837. The fourth-order valence-corrected chi connectivity index (χ4v) is 3.02. The van der Waals surface area contributed by atoms with E-state index in [0.717, 1.165) is 27.6 Å². The van der Waals surface area contributed by atoms with Gasteiger partial charge in [-0.1, -0.05) is 16.6 Å². The van der Waals surface area contributed by atoms with Crippen LogP contribution < -0.4 is 4.74 Å². The summed E-state index contributed by atoms with van der Waals surface area (Å²) in [7, 11) is 1.38. The van der Waals surface area contributed by atoms with Gasteiger partial charge in [-0.25, -0.2) is 4.98 Å². The zero-order valence-electron chi connectivity index (χ0n) is 14.8. The number of esters is 1. The molecule has 0 aliphatic heterocycles. The first-order valence-electron chi connectivity index (χ1n) is 8.11. The fourth-order valence-electron chi connectivity index (χ4n) is 2.43. The van der Waals surface area contributed by atoms with Gasteiger partial charge in [0.1, 0.15) is 16.4 Å². The van der Waals surface area contributed by atoms with Gasteiger partial charge in [-0.3, -0.25) is 4.79 Å². The van der Waals surface area contributed by atoms with E-state index in [1.165, 1.54) is 18.6 Å². The molecule has 0 saturated carbocycles. The van der Waals surface area contributed by atoms with E-state index in [0.29, 0.717) is 24.7 Å². The number of oxazole rings is 1. The van der Waals surface area contributed by atoms with E-state index in [1.807, 2.05) is 38.1 Å². The molecule has 0 spiro atoms. The molecule has 1 aromatic carbocycles. The van der Waals surface area contributed by atoms with Crippen molar-refractivity contribution in [2.24, 2.45) is 0 Å². The predicted octanol–water partition coefficient (Wildman–Crippen LogP) is 3.15. The standard InChI is InChI=1S/C18H19N3O4S/c1-11-17(26-21-20-11)18-19-15(12(2)25-18)7-8-24-14-6-4-5-13(9-14)10-16(22)23-3/h4-6,9H,7-8,10H2,1-3H3. The van der Waals surface area contributed by atoms with Gasteiger partial charge < -0.3 is 13.9 Å². The van der Waals surface area contributed by atoms with Gasteiger partial charge in [0.05, 0.1) is 31.5 Å². The van der Waals surface area contributed by atoms with Gasteiger partial charge in [0.2, 0.25) is 5.89 Å². The SMILES string of the molecule is COC(=O)Cc1cccc(OCCc2nc(-c3snnc3C)oc2C)c1. The normalized spacial score (nSPS) is 10.7. The lowest BCUT2D eigenvalue weighted by molar-refractivity contribution is -0.139. The van der Waals surface area contributed by atoms with E-state index in [1.54, 1.807) is 0 Å². The summed E-state index contributed by atoms with van der Waals surface area (Å²) in [6.45, 7) is 4.21. The van der Waals surface area contributed by atoms with Crippen LogP contribution in [-0.4, -0.2) is 34.3 Å². The van der Waals surface area contributed by atoms with Crippen molar-refractivity contribution < 1.29 is 18.7 Å². The number of hydrogen-bond donors (Lipinski definition) is 0. The molecule has 0 atom stereocenters. The van der Waals surface area contributed by atoms with Crippen LogP contribution in [-0.2, 0) is 22.4 Å². The number of hydrogen-bond acceptors (Lipinski definition) is 8. The number of aromatic nitrogens is 3. The highest BCUT2D eigenvalue weighted by molar-refractivity contribution is 7.09. The summed E-state index contributed by atoms with van der Waals surface area (Å²) in [4.78, 5) is 16.7. The Kier molecular flexibility index (Phi) is 5.62. The van der Waals surface area contributed by atoms with Gasteiger partial charge in [0.15, 0.2) is 0 Å². The summed E-state index contributed by atoms with van der Waals surface area (Å²) in [5.41, 5.74) is 2.50. The fraction of sp³-hybridized carbons (Fsp3) is 0.333. The molecule has 7 nitrogen and oxygen atoms in total. The van der Waals surface area contributed by atoms with Crippen LogP contribution in [0.1, 0.15) is 22.7 Å². The second-order valence-corrected chi connectivity index (χ2v) is 6.46. The average Bonchev–Trinajstić information content (AvgIpc) is 3.21. The van der Waals surface area contributed by atoms with Crippen LogP contribution in [0.15, 0.2) is 28.7 Å². The number of ether oxygens (including phenoxy) is 2. The summed E-state index contributed by atoms with van der Waals surface area (Å²) >= 11 is 1.27. The zero-order chi connectivity index (χ0) is 18.5. The Hall–Kier alpha value is -2.74. The molecular weight excluding hydrogens is 354 g/mol. The maximum atomic E-state index is 11.4.